The van der Waals surface area contributed by atoms with Crippen molar-refractivity contribution in [3.05, 3.63) is 71.3 Å². The molecule has 0 fully saturated rings. The van der Waals surface area contributed by atoms with Gasteiger partial charge in [-0.15, -0.1) is 0 Å². The molecule has 132 valence electrons. The van der Waals surface area contributed by atoms with Crippen LogP contribution in [0.4, 0.5) is 0 Å². The molecule has 0 heterocycles. The Labute approximate surface area is 149 Å². The highest BCUT2D eigenvalue weighted by molar-refractivity contribution is 5.91. The summed E-state index contributed by atoms with van der Waals surface area (Å²) < 4.78 is 5.06. The second kappa shape index (κ2) is 9.62. The minimum absolute atomic E-state index is 0.263. The molecule has 1 amide bonds. The minimum atomic E-state index is -0.477. The number of hydrogen-bond donors (Lipinski definition) is 1. The Morgan fingerprint density at radius 1 is 0.960 bits per heavy atom. The average Bonchev–Trinajstić information content (AvgIpc) is 2.61. The van der Waals surface area contributed by atoms with E-state index in [2.05, 4.69) is 19.2 Å². The maximum absolute atomic E-state index is 12.0. The van der Waals surface area contributed by atoms with Crippen molar-refractivity contribution in [2.45, 2.75) is 26.7 Å². The summed E-state index contributed by atoms with van der Waals surface area (Å²) in [5.41, 5.74) is 2.80. The van der Waals surface area contributed by atoms with E-state index in [1.165, 1.54) is 5.56 Å². The smallest absolute Gasteiger partial charge is 0.338 e. The maximum atomic E-state index is 12.0. The van der Waals surface area contributed by atoms with Crippen LogP contribution in [0.3, 0.4) is 0 Å². The molecule has 2 rings (SSSR count). The Hall–Kier alpha value is -2.62. The van der Waals surface area contributed by atoms with Gasteiger partial charge in [0.2, 0.25) is 0 Å². The molecule has 2 aromatic rings. The molecule has 1 N–H and O–H groups in total. The normalized spacial score (nSPS) is 10.5. The monoisotopic (exact) mass is 339 g/mol. The fourth-order valence-electron chi connectivity index (χ4n) is 2.50. The van der Waals surface area contributed by atoms with Crippen LogP contribution in [0.25, 0.3) is 0 Å². The molecule has 0 saturated carbocycles. The summed E-state index contributed by atoms with van der Waals surface area (Å²) in [6.45, 7) is 4.56. The standard InChI is InChI=1S/C21H25NO3/c1-16(2)14-18-8-10-19(11-9-18)21(24)25-15-20(23)22-13-12-17-6-4-3-5-7-17/h3-11,16H,12-15H2,1-2H3,(H,22,23). The van der Waals surface area contributed by atoms with Crippen LogP contribution < -0.4 is 5.32 Å². The van der Waals surface area contributed by atoms with E-state index < -0.39 is 5.97 Å². The first kappa shape index (κ1) is 18.7. The van der Waals surface area contributed by atoms with Gasteiger partial charge < -0.3 is 10.1 Å². The van der Waals surface area contributed by atoms with Gasteiger partial charge in [-0.25, -0.2) is 4.79 Å². The molecule has 0 aliphatic heterocycles. The summed E-state index contributed by atoms with van der Waals surface area (Å²) in [4.78, 5) is 23.7. The van der Waals surface area contributed by atoms with Crippen LogP contribution in [-0.2, 0) is 22.4 Å². The summed E-state index contributed by atoms with van der Waals surface area (Å²) in [6.07, 6.45) is 1.72. The van der Waals surface area contributed by atoms with Crippen molar-refractivity contribution in [3.8, 4) is 0 Å². The molecular formula is C21H25NO3. The van der Waals surface area contributed by atoms with E-state index in [1.54, 1.807) is 12.1 Å². The fraction of sp³-hybridized carbons (Fsp3) is 0.333. The zero-order valence-electron chi connectivity index (χ0n) is 14.8. The number of hydrogen-bond acceptors (Lipinski definition) is 3. The van der Waals surface area contributed by atoms with Gasteiger partial charge in [-0.05, 0) is 42.0 Å². The molecule has 0 aliphatic carbocycles. The highest BCUT2D eigenvalue weighted by atomic mass is 16.5. The fourth-order valence-corrected chi connectivity index (χ4v) is 2.50. The molecular weight excluding hydrogens is 314 g/mol. The van der Waals surface area contributed by atoms with Crippen molar-refractivity contribution in [1.29, 1.82) is 0 Å². The van der Waals surface area contributed by atoms with Crippen molar-refractivity contribution >= 4 is 11.9 Å². The van der Waals surface area contributed by atoms with Crippen molar-refractivity contribution in [2.75, 3.05) is 13.2 Å². The van der Waals surface area contributed by atoms with Gasteiger partial charge in [-0.2, -0.15) is 0 Å². The van der Waals surface area contributed by atoms with E-state index in [9.17, 15) is 9.59 Å². The summed E-state index contributed by atoms with van der Waals surface area (Å²) in [5.74, 6) is -0.201. The van der Waals surface area contributed by atoms with Gasteiger partial charge >= 0.3 is 5.97 Å². The lowest BCUT2D eigenvalue weighted by molar-refractivity contribution is -0.124. The zero-order chi connectivity index (χ0) is 18.1. The quantitative estimate of drug-likeness (QED) is 0.750. The minimum Gasteiger partial charge on any atom is -0.452 e. The Balaban J connectivity index is 1.70. The molecule has 2 aromatic carbocycles. The molecule has 0 atom stereocenters. The van der Waals surface area contributed by atoms with Crippen LogP contribution in [0.5, 0.6) is 0 Å². The van der Waals surface area contributed by atoms with Crippen molar-refractivity contribution in [3.63, 3.8) is 0 Å². The van der Waals surface area contributed by atoms with Crippen molar-refractivity contribution < 1.29 is 14.3 Å². The molecule has 0 unspecified atom stereocenters. The highest BCUT2D eigenvalue weighted by Gasteiger charge is 2.10. The molecule has 0 aromatic heterocycles. The summed E-state index contributed by atoms with van der Waals surface area (Å²) >= 11 is 0. The average molecular weight is 339 g/mol. The van der Waals surface area contributed by atoms with Crippen LogP contribution in [-0.4, -0.2) is 25.0 Å². The lowest BCUT2D eigenvalue weighted by Crippen LogP contribution is -2.30. The third-order valence-electron chi connectivity index (χ3n) is 3.75. The van der Waals surface area contributed by atoms with E-state index in [0.717, 1.165) is 18.4 Å². The van der Waals surface area contributed by atoms with Crippen molar-refractivity contribution in [2.24, 2.45) is 5.92 Å². The second-order valence-corrected chi connectivity index (χ2v) is 6.46. The lowest BCUT2D eigenvalue weighted by Gasteiger charge is -2.08. The number of rotatable bonds is 8. The number of esters is 1. The van der Waals surface area contributed by atoms with Crippen LogP contribution in [0.2, 0.25) is 0 Å². The summed E-state index contributed by atoms with van der Waals surface area (Å²) in [5, 5.41) is 2.75. The number of ether oxygens (including phenoxy) is 1. The van der Waals surface area contributed by atoms with E-state index in [1.807, 2.05) is 42.5 Å². The Morgan fingerprint density at radius 2 is 1.64 bits per heavy atom. The zero-order valence-corrected chi connectivity index (χ0v) is 14.8. The largest absolute Gasteiger partial charge is 0.452 e. The number of carbonyl (C=O) groups excluding carboxylic acids is 2. The van der Waals surface area contributed by atoms with Gasteiger partial charge in [-0.3, -0.25) is 4.79 Å². The third-order valence-corrected chi connectivity index (χ3v) is 3.75. The van der Waals surface area contributed by atoms with Crippen LogP contribution >= 0.6 is 0 Å². The molecule has 25 heavy (non-hydrogen) atoms. The molecule has 0 aliphatic rings. The number of amides is 1. The van der Waals surface area contributed by atoms with E-state index in [0.29, 0.717) is 18.0 Å². The first-order chi connectivity index (χ1) is 12.0. The van der Waals surface area contributed by atoms with E-state index in [4.69, 9.17) is 4.74 Å². The van der Waals surface area contributed by atoms with Gasteiger partial charge in [0.1, 0.15) is 0 Å². The van der Waals surface area contributed by atoms with E-state index >= 15 is 0 Å². The molecule has 0 saturated heterocycles. The summed E-state index contributed by atoms with van der Waals surface area (Å²) in [7, 11) is 0. The first-order valence-corrected chi connectivity index (χ1v) is 8.61. The molecule has 0 bridgehead atoms. The van der Waals surface area contributed by atoms with E-state index in [-0.39, 0.29) is 12.5 Å². The Kier molecular flexibility index (Phi) is 7.20. The first-order valence-electron chi connectivity index (χ1n) is 8.61. The molecule has 4 heteroatoms. The van der Waals surface area contributed by atoms with Crippen molar-refractivity contribution in [1.82, 2.24) is 5.32 Å². The third kappa shape index (κ3) is 6.79. The maximum Gasteiger partial charge on any atom is 0.338 e. The van der Waals surface area contributed by atoms with Crippen LogP contribution in [0.15, 0.2) is 54.6 Å². The van der Waals surface area contributed by atoms with Gasteiger partial charge in [0.15, 0.2) is 6.61 Å². The SMILES string of the molecule is CC(C)Cc1ccc(C(=O)OCC(=O)NCCc2ccccc2)cc1. The number of benzene rings is 2. The van der Waals surface area contributed by atoms with Gasteiger partial charge in [0.05, 0.1) is 5.56 Å². The predicted octanol–water partition coefficient (Wildman–Crippen LogP) is 3.40. The van der Waals surface area contributed by atoms with Gasteiger partial charge in [-0.1, -0.05) is 56.3 Å². The Bertz CT molecular complexity index is 678. The summed E-state index contributed by atoms with van der Waals surface area (Å²) in [6, 6.07) is 17.2. The topological polar surface area (TPSA) is 55.4 Å². The second-order valence-electron chi connectivity index (χ2n) is 6.46. The molecule has 4 nitrogen and oxygen atoms in total. The predicted molar refractivity (Wildman–Crippen MR) is 98.4 cm³/mol. The Morgan fingerprint density at radius 3 is 2.28 bits per heavy atom. The number of nitrogens with one attached hydrogen (secondary N) is 1. The molecule has 0 spiro atoms. The van der Waals surface area contributed by atoms with Gasteiger partial charge in [0.25, 0.3) is 5.91 Å². The lowest BCUT2D eigenvalue weighted by atomic mass is 10.0. The van der Waals surface area contributed by atoms with Crippen LogP contribution in [0.1, 0.15) is 35.3 Å². The highest BCUT2D eigenvalue weighted by Crippen LogP contribution is 2.10. The molecule has 0 radical (unpaired) electrons. The number of carbonyl (C=O) groups is 2. The van der Waals surface area contributed by atoms with Crippen LogP contribution in [0, 0.1) is 5.92 Å². The van der Waals surface area contributed by atoms with Gasteiger partial charge in [0, 0.05) is 6.54 Å².